The number of benzene rings is 1. The van der Waals surface area contributed by atoms with Crippen LogP contribution in [0, 0.1) is 0 Å². The van der Waals surface area contributed by atoms with E-state index in [1.54, 1.807) is 0 Å². The summed E-state index contributed by atoms with van der Waals surface area (Å²) in [5, 5.41) is 20.9. The van der Waals surface area contributed by atoms with Gasteiger partial charge in [-0.3, -0.25) is 0 Å². The molecule has 0 fully saturated rings. The fraction of sp³-hybridized carbons (Fsp3) is 0.273. The van der Waals surface area contributed by atoms with Crippen molar-refractivity contribution in [3.8, 4) is 11.4 Å². The topological polar surface area (TPSA) is 80.9 Å². The van der Waals surface area contributed by atoms with E-state index in [1.165, 1.54) is 11.6 Å². The third-order valence-electron chi connectivity index (χ3n) is 2.58. The molecule has 7 heteroatoms. The molecule has 94 valence electrons. The third-order valence-corrected chi connectivity index (χ3v) is 3.23. The number of aliphatic carboxylic acids is 1. The quantitative estimate of drug-likeness (QED) is 0.872. The van der Waals surface area contributed by atoms with Crippen LogP contribution in [0.5, 0.6) is 0 Å². The van der Waals surface area contributed by atoms with E-state index >= 15 is 0 Å². The molecule has 1 heterocycles. The Morgan fingerprint density at radius 3 is 2.67 bits per heavy atom. The molecular formula is C11H11BrN4O2. The van der Waals surface area contributed by atoms with Gasteiger partial charge in [-0.1, -0.05) is 40.2 Å². The monoisotopic (exact) mass is 310 g/mol. The number of carboxylic acid groups (broad SMARTS) is 1. The van der Waals surface area contributed by atoms with Crippen LogP contribution in [-0.2, 0) is 10.1 Å². The molecule has 0 spiro atoms. The van der Waals surface area contributed by atoms with Crippen LogP contribution >= 0.6 is 15.9 Å². The van der Waals surface area contributed by atoms with Gasteiger partial charge in [-0.2, -0.15) is 0 Å². The Morgan fingerprint density at radius 1 is 1.44 bits per heavy atom. The maximum atomic E-state index is 11.0. The molecule has 0 amide bonds. The molecule has 1 unspecified atom stereocenters. The lowest BCUT2D eigenvalue weighted by molar-refractivity contribution is -0.140. The van der Waals surface area contributed by atoms with Gasteiger partial charge in [0.25, 0.3) is 0 Å². The van der Waals surface area contributed by atoms with Crippen LogP contribution in [-0.4, -0.2) is 31.3 Å². The lowest BCUT2D eigenvalue weighted by Gasteiger charge is -2.08. The Hall–Kier alpha value is -1.76. The van der Waals surface area contributed by atoms with Crippen molar-refractivity contribution in [3.63, 3.8) is 0 Å². The predicted octanol–water partition coefficient (Wildman–Crippen LogP) is 1.88. The number of halogens is 1. The van der Waals surface area contributed by atoms with E-state index in [9.17, 15) is 4.79 Å². The van der Waals surface area contributed by atoms with Gasteiger partial charge in [-0.05, 0) is 22.9 Å². The average Bonchev–Trinajstić information content (AvgIpc) is 2.87. The van der Waals surface area contributed by atoms with E-state index in [-0.39, 0.29) is 0 Å². The minimum atomic E-state index is -0.972. The Labute approximate surface area is 112 Å². The highest BCUT2D eigenvalue weighted by Gasteiger charge is 2.19. The SMILES string of the molecule is CC(C(=O)O)n1nnnc1-c1ccc(CBr)cc1. The van der Waals surface area contributed by atoms with Gasteiger partial charge in [0.15, 0.2) is 11.9 Å². The number of alkyl halides is 1. The summed E-state index contributed by atoms with van der Waals surface area (Å²) in [5.74, 6) is -0.522. The number of hydrogen-bond donors (Lipinski definition) is 1. The molecule has 2 rings (SSSR count). The summed E-state index contributed by atoms with van der Waals surface area (Å²) in [6.07, 6.45) is 0. The zero-order chi connectivity index (χ0) is 13.1. The van der Waals surface area contributed by atoms with Crippen LogP contribution in [0.2, 0.25) is 0 Å². The minimum Gasteiger partial charge on any atom is -0.480 e. The Kier molecular flexibility index (Phi) is 3.71. The summed E-state index contributed by atoms with van der Waals surface area (Å²) < 4.78 is 1.30. The zero-order valence-corrected chi connectivity index (χ0v) is 11.2. The van der Waals surface area contributed by atoms with Gasteiger partial charge in [0.1, 0.15) is 0 Å². The van der Waals surface area contributed by atoms with Crippen molar-refractivity contribution in [2.75, 3.05) is 0 Å². The van der Waals surface area contributed by atoms with Crippen LogP contribution in [0.15, 0.2) is 24.3 Å². The molecule has 0 aliphatic heterocycles. The second-order valence-electron chi connectivity index (χ2n) is 3.79. The molecule has 0 radical (unpaired) electrons. The number of nitrogens with zero attached hydrogens (tertiary/aromatic N) is 4. The number of carboxylic acids is 1. The van der Waals surface area contributed by atoms with Crippen molar-refractivity contribution in [3.05, 3.63) is 29.8 Å². The smallest absolute Gasteiger partial charge is 0.328 e. The van der Waals surface area contributed by atoms with Crippen molar-refractivity contribution in [2.24, 2.45) is 0 Å². The summed E-state index contributed by atoms with van der Waals surface area (Å²) in [6.45, 7) is 1.54. The standard InChI is InChI=1S/C11H11BrN4O2/c1-7(11(17)18)16-10(13-14-15-16)9-4-2-8(6-12)3-5-9/h2-5,7H,6H2,1H3,(H,17,18). The molecular weight excluding hydrogens is 300 g/mol. The molecule has 1 atom stereocenters. The fourth-order valence-corrected chi connectivity index (χ4v) is 1.87. The Bertz CT molecular complexity index is 552. The number of rotatable bonds is 4. The van der Waals surface area contributed by atoms with E-state index in [0.717, 1.165) is 16.5 Å². The number of aromatic nitrogens is 4. The van der Waals surface area contributed by atoms with Gasteiger partial charge in [-0.15, -0.1) is 5.10 Å². The number of tetrazole rings is 1. The predicted molar refractivity (Wildman–Crippen MR) is 68.2 cm³/mol. The van der Waals surface area contributed by atoms with E-state index in [4.69, 9.17) is 5.11 Å². The summed E-state index contributed by atoms with van der Waals surface area (Å²) in [4.78, 5) is 11.0. The summed E-state index contributed by atoms with van der Waals surface area (Å²) in [7, 11) is 0. The number of hydrogen-bond acceptors (Lipinski definition) is 4. The molecule has 0 aliphatic rings. The molecule has 1 N–H and O–H groups in total. The lowest BCUT2D eigenvalue weighted by atomic mass is 10.1. The van der Waals surface area contributed by atoms with Crippen molar-refractivity contribution in [1.82, 2.24) is 20.2 Å². The van der Waals surface area contributed by atoms with Gasteiger partial charge < -0.3 is 5.11 Å². The molecule has 18 heavy (non-hydrogen) atoms. The van der Waals surface area contributed by atoms with Crippen LogP contribution in [0.4, 0.5) is 0 Å². The van der Waals surface area contributed by atoms with Gasteiger partial charge in [0, 0.05) is 10.9 Å². The first kappa shape index (κ1) is 12.7. The minimum absolute atomic E-state index is 0.450. The lowest BCUT2D eigenvalue weighted by Crippen LogP contribution is -2.18. The van der Waals surface area contributed by atoms with Gasteiger partial charge >= 0.3 is 5.97 Å². The van der Waals surface area contributed by atoms with Crippen LogP contribution < -0.4 is 0 Å². The van der Waals surface area contributed by atoms with Crippen LogP contribution in [0.1, 0.15) is 18.5 Å². The van der Waals surface area contributed by atoms with Gasteiger partial charge in [0.2, 0.25) is 0 Å². The summed E-state index contributed by atoms with van der Waals surface area (Å²) in [5.41, 5.74) is 1.92. The van der Waals surface area contributed by atoms with E-state index in [1.807, 2.05) is 24.3 Å². The normalized spacial score (nSPS) is 12.3. The van der Waals surface area contributed by atoms with E-state index < -0.39 is 12.0 Å². The van der Waals surface area contributed by atoms with Gasteiger partial charge in [0.05, 0.1) is 0 Å². The molecule has 1 aromatic heterocycles. The van der Waals surface area contributed by atoms with Crippen molar-refractivity contribution in [2.45, 2.75) is 18.3 Å². The Morgan fingerprint density at radius 2 is 2.11 bits per heavy atom. The summed E-state index contributed by atoms with van der Waals surface area (Å²) in [6, 6.07) is 6.81. The molecule has 0 saturated carbocycles. The highest BCUT2D eigenvalue weighted by atomic mass is 79.9. The third kappa shape index (κ3) is 2.40. The molecule has 2 aromatic rings. The van der Waals surface area contributed by atoms with Crippen molar-refractivity contribution < 1.29 is 9.90 Å². The molecule has 6 nitrogen and oxygen atoms in total. The summed E-state index contributed by atoms with van der Waals surface area (Å²) >= 11 is 3.36. The van der Waals surface area contributed by atoms with Crippen molar-refractivity contribution in [1.29, 1.82) is 0 Å². The first-order valence-corrected chi connectivity index (χ1v) is 6.41. The second kappa shape index (κ2) is 5.26. The number of carbonyl (C=O) groups is 1. The highest BCUT2D eigenvalue weighted by Crippen LogP contribution is 2.20. The molecule has 0 aliphatic carbocycles. The first-order valence-electron chi connectivity index (χ1n) is 5.29. The maximum absolute atomic E-state index is 11.0. The maximum Gasteiger partial charge on any atom is 0.328 e. The molecule has 0 bridgehead atoms. The largest absolute Gasteiger partial charge is 0.480 e. The van der Waals surface area contributed by atoms with Crippen LogP contribution in [0.25, 0.3) is 11.4 Å². The average molecular weight is 311 g/mol. The van der Waals surface area contributed by atoms with Crippen LogP contribution in [0.3, 0.4) is 0 Å². The Balaban J connectivity index is 2.38. The zero-order valence-electron chi connectivity index (χ0n) is 9.62. The molecule has 1 aromatic carbocycles. The van der Waals surface area contributed by atoms with E-state index in [2.05, 4.69) is 31.5 Å². The fourth-order valence-electron chi connectivity index (χ4n) is 1.49. The van der Waals surface area contributed by atoms with Crippen molar-refractivity contribution >= 4 is 21.9 Å². The second-order valence-corrected chi connectivity index (χ2v) is 4.35. The highest BCUT2D eigenvalue weighted by molar-refractivity contribution is 9.08. The molecule has 0 saturated heterocycles. The van der Waals surface area contributed by atoms with E-state index in [0.29, 0.717) is 5.82 Å². The first-order chi connectivity index (χ1) is 8.63. The van der Waals surface area contributed by atoms with Gasteiger partial charge in [-0.25, -0.2) is 9.48 Å².